The van der Waals surface area contributed by atoms with Gasteiger partial charge in [0.1, 0.15) is 5.71 Å². The highest BCUT2D eigenvalue weighted by Gasteiger charge is 2.16. The second-order valence-electron chi connectivity index (χ2n) is 6.30. The summed E-state index contributed by atoms with van der Waals surface area (Å²) < 4.78 is 0. The molecule has 0 aliphatic carbocycles. The van der Waals surface area contributed by atoms with Gasteiger partial charge in [0.15, 0.2) is 0 Å². The van der Waals surface area contributed by atoms with Gasteiger partial charge in [-0.2, -0.15) is 0 Å². The molecule has 0 N–H and O–H groups in total. The number of Topliss-reactive ketones (excluding diaryl/α,β-unsaturated/α-hetero) is 1. The molecule has 0 amide bonds. The molecule has 0 radical (unpaired) electrons. The van der Waals surface area contributed by atoms with Crippen molar-refractivity contribution in [3.8, 4) is 0 Å². The van der Waals surface area contributed by atoms with E-state index in [9.17, 15) is 9.59 Å². The maximum absolute atomic E-state index is 12.8. The van der Waals surface area contributed by atoms with E-state index in [0.717, 1.165) is 16.2 Å². The molecule has 3 aromatic rings. The van der Waals surface area contributed by atoms with Gasteiger partial charge >= 0.3 is 5.97 Å². The number of rotatable bonds is 8. The summed E-state index contributed by atoms with van der Waals surface area (Å²) in [6.07, 6.45) is 1.15. The van der Waals surface area contributed by atoms with Crippen molar-refractivity contribution < 1.29 is 14.4 Å². The first kappa shape index (κ1) is 20.6. The summed E-state index contributed by atoms with van der Waals surface area (Å²) in [5.74, 6) is -0.814. The molecule has 0 aliphatic heterocycles. The number of nitrogens with zero attached hydrogens (tertiary/aromatic N) is 1. The summed E-state index contributed by atoms with van der Waals surface area (Å²) in [6.45, 7) is 1.95. The van der Waals surface area contributed by atoms with Gasteiger partial charge < -0.3 is 4.84 Å². The van der Waals surface area contributed by atoms with Gasteiger partial charge in [0, 0.05) is 15.4 Å². The van der Waals surface area contributed by atoms with Gasteiger partial charge in [-0.3, -0.25) is 4.79 Å². The van der Waals surface area contributed by atoms with E-state index in [1.54, 1.807) is 48.2 Å². The van der Waals surface area contributed by atoms with E-state index in [1.807, 2.05) is 55.5 Å². The van der Waals surface area contributed by atoms with Gasteiger partial charge in [-0.15, -0.1) is 0 Å². The van der Waals surface area contributed by atoms with Crippen LogP contribution in [-0.2, 0) is 4.84 Å². The largest absolute Gasteiger partial charge is 0.365 e. The van der Waals surface area contributed by atoms with Crippen molar-refractivity contribution in [1.29, 1.82) is 0 Å². The Morgan fingerprint density at radius 2 is 1.38 bits per heavy atom. The van der Waals surface area contributed by atoms with Crippen LogP contribution in [-0.4, -0.2) is 17.5 Å². The molecule has 0 unspecified atom stereocenters. The van der Waals surface area contributed by atoms with Gasteiger partial charge in [-0.1, -0.05) is 66.7 Å². The van der Waals surface area contributed by atoms with Gasteiger partial charge in [0.25, 0.3) is 0 Å². The molecular formula is C24H21NO3S. The molecule has 29 heavy (non-hydrogen) atoms. The third kappa shape index (κ3) is 5.90. The first-order chi connectivity index (χ1) is 14.2. The molecule has 3 aromatic carbocycles. The van der Waals surface area contributed by atoms with Gasteiger partial charge in [0.2, 0.25) is 5.78 Å². The van der Waals surface area contributed by atoms with Crippen molar-refractivity contribution in [2.45, 2.75) is 29.6 Å². The Balaban J connectivity index is 1.70. The van der Waals surface area contributed by atoms with Crippen LogP contribution in [0.15, 0.2) is 99.9 Å². The highest BCUT2D eigenvalue weighted by atomic mass is 32.2. The lowest BCUT2D eigenvalue weighted by atomic mass is 10.0. The van der Waals surface area contributed by atoms with Crippen LogP contribution in [0, 0.1) is 0 Å². The highest BCUT2D eigenvalue weighted by Crippen LogP contribution is 2.27. The number of hydrogen-bond acceptors (Lipinski definition) is 5. The fourth-order valence-corrected chi connectivity index (χ4v) is 3.46. The third-order valence-corrected chi connectivity index (χ3v) is 5.11. The standard InChI is InChI=1S/C24H21NO3S/c1-2-9-22(25-28-24(27)19-10-5-3-6-11-19)23(26)18-14-16-21(17-15-18)29-20-12-7-4-8-13-20/h3-8,10-17H,2,9H2,1H3/b25-22+. The lowest BCUT2D eigenvalue weighted by Crippen LogP contribution is -2.16. The van der Waals surface area contributed by atoms with E-state index >= 15 is 0 Å². The topological polar surface area (TPSA) is 55.7 Å². The number of carbonyl (C=O) groups excluding carboxylic acids is 2. The Morgan fingerprint density at radius 1 is 0.793 bits per heavy atom. The summed E-state index contributed by atoms with van der Waals surface area (Å²) >= 11 is 1.63. The zero-order valence-electron chi connectivity index (χ0n) is 16.1. The van der Waals surface area contributed by atoms with Gasteiger partial charge in [-0.05, 0) is 55.0 Å². The second kappa shape index (κ2) is 10.4. The molecule has 0 heterocycles. The van der Waals surface area contributed by atoms with Crippen molar-refractivity contribution in [1.82, 2.24) is 0 Å². The molecule has 0 aromatic heterocycles. The summed E-state index contributed by atoms with van der Waals surface area (Å²) in [6, 6.07) is 26.0. The molecule has 3 rings (SSSR count). The summed E-state index contributed by atoms with van der Waals surface area (Å²) in [4.78, 5) is 32.1. The summed E-state index contributed by atoms with van der Waals surface area (Å²) in [5, 5.41) is 3.87. The van der Waals surface area contributed by atoms with E-state index < -0.39 is 5.97 Å². The molecule has 0 aliphatic rings. The fraction of sp³-hybridized carbons (Fsp3) is 0.125. The first-order valence-corrected chi connectivity index (χ1v) is 10.2. The van der Waals surface area contributed by atoms with Crippen molar-refractivity contribution >= 4 is 29.2 Å². The maximum Gasteiger partial charge on any atom is 0.365 e. The third-order valence-electron chi connectivity index (χ3n) is 4.09. The SMILES string of the molecule is CCC/C(=N\OC(=O)c1ccccc1)C(=O)c1ccc(Sc2ccccc2)cc1. The van der Waals surface area contributed by atoms with Crippen LogP contribution < -0.4 is 0 Å². The zero-order chi connectivity index (χ0) is 20.5. The van der Waals surface area contributed by atoms with Crippen molar-refractivity contribution in [2.75, 3.05) is 0 Å². The predicted molar refractivity (Wildman–Crippen MR) is 116 cm³/mol. The summed E-state index contributed by atoms with van der Waals surface area (Å²) in [5.41, 5.74) is 1.15. The van der Waals surface area contributed by atoms with Gasteiger partial charge in [-0.25, -0.2) is 4.79 Å². The van der Waals surface area contributed by atoms with E-state index in [4.69, 9.17) is 4.84 Å². The molecule has 0 saturated carbocycles. The van der Waals surface area contributed by atoms with Crippen LogP contribution in [0.5, 0.6) is 0 Å². The highest BCUT2D eigenvalue weighted by molar-refractivity contribution is 7.99. The number of carbonyl (C=O) groups is 2. The molecule has 0 saturated heterocycles. The molecule has 0 atom stereocenters. The smallest absolute Gasteiger partial charge is 0.312 e. The molecule has 5 heteroatoms. The quantitative estimate of drug-likeness (QED) is 0.199. The Bertz CT molecular complexity index is 984. The van der Waals surface area contributed by atoms with Crippen molar-refractivity contribution in [3.05, 3.63) is 96.1 Å². The summed E-state index contributed by atoms with van der Waals surface area (Å²) in [7, 11) is 0. The molecule has 146 valence electrons. The zero-order valence-corrected chi connectivity index (χ0v) is 16.9. The van der Waals surface area contributed by atoms with Crippen LogP contribution in [0.1, 0.15) is 40.5 Å². The lowest BCUT2D eigenvalue weighted by molar-refractivity contribution is 0.0514. The monoisotopic (exact) mass is 403 g/mol. The Labute approximate surface area is 174 Å². The molecule has 0 bridgehead atoms. The van der Waals surface area contributed by atoms with E-state index in [0.29, 0.717) is 17.5 Å². The van der Waals surface area contributed by atoms with Crippen molar-refractivity contribution in [3.63, 3.8) is 0 Å². The Kier molecular flexibility index (Phi) is 7.36. The minimum atomic E-state index is -0.582. The number of ketones is 1. The Morgan fingerprint density at radius 3 is 2.00 bits per heavy atom. The number of oxime groups is 1. The van der Waals surface area contributed by atoms with Gasteiger partial charge in [0.05, 0.1) is 5.56 Å². The van der Waals surface area contributed by atoms with Crippen LogP contribution in [0.2, 0.25) is 0 Å². The minimum Gasteiger partial charge on any atom is -0.312 e. The Hall–Kier alpha value is -3.18. The lowest BCUT2D eigenvalue weighted by Gasteiger charge is -2.06. The normalized spacial score (nSPS) is 11.1. The van der Waals surface area contributed by atoms with Crippen LogP contribution in [0.25, 0.3) is 0 Å². The van der Waals surface area contributed by atoms with Crippen molar-refractivity contribution in [2.24, 2.45) is 5.16 Å². The van der Waals surface area contributed by atoms with E-state index in [-0.39, 0.29) is 11.5 Å². The second-order valence-corrected chi connectivity index (χ2v) is 7.45. The van der Waals surface area contributed by atoms with E-state index in [1.165, 1.54) is 0 Å². The molecule has 4 nitrogen and oxygen atoms in total. The molecule has 0 fully saturated rings. The van der Waals surface area contributed by atoms with Crippen LogP contribution in [0.4, 0.5) is 0 Å². The first-order valence-electron chi connectivity index (χ1n) is 9.38. The maximum atomic E-state index is 12.8. The van der Waals surface area contributed by atoms with E-state index in [2.05, 4.69) is 5.16 Å². The van der Waals surface area contributed by atoms with Crippen LogP contribution >= 0.6 is 11.8 Å². The number of hydrogen-bond donors (Lipinski definition) is 0. The fourth-order valence-electron chi connectivity index (χ4n) is 2.63. The predicted octanol–water partition coefficient (Wildman–Crippen LogP) is 6.03. The average molecular weight is 404 g/mol. The minimum absolute atomic E-state index is 0.232. The number of benzene rings is 3. The molecular weight excluding hydrogens is 382 g/mol. The van der Waals surface area contributed by atoms with Crippen LogP contribution in [0.3, 0.4) is 0 Å². The average Bonchev–Trinajstić information content (AvgIpc) is 2.78. The molecule has 0 spiro atoms.